The summed E-state index contributed by atoms with van der Waals surface area (Å²) in [6.45, 7) is 4.99. The molecule has 0 unspecified atom stereocenters. The van der Waals surface area contributed by atoms with Gasteiger partial charge < -0.3 is 10.0 Å². The molecule has 1 heterocycles. The zero-order chi connectivity index (χ0) is 17.5. The van der Waals surface area contributed by atoms with Crippen LogP contribution in [0.1, 0.15) is 36.0 Å². The quantitative estimate of drug-likeness (QED) is 0.860. The molecule has 1 aliphatic heterocycles. The molecule has 1 aliphatic rings. The maximum absolute atomic E-state index is 10.8. The summed E-state index contributed by atoms with van der Waals surface area (Å²) in [6, 6.07) is 18.6. The summed E-state index contributed by atoms with van der Waals surface area (Å²) < 4.78 is 0. The predicted molar refractivity (Wildman–Crippen MR) is 103 cm³/mol. The first-order chi connectivity index (χ1) is 12.1. The molecular formula is C23H27NO. The maximum Gasteiger partial charge on any atom is 0.0712 e. The fourth-order valence-corrected chi connectivity index (χ4v) is 3.45. The van der Waals surface area contributed by atoms with Crippen LogP contribution < -0.4 is 0 Å². The first-order valence-corrected chi connectivity index (χ1v) is 9.17. The average Bonchev–Trinajstić information content (AvgIpc) is 2.61. The third-order valence-electron chi connectivity index (χ3n) is 4.97. The topological polar surface area (TPSA) is 23.5 Å². The zero-order valence-corrected chi connectivity index (χ0v) is 15.0. The van der Waals surface area contributed by atoms with Crippen LogP contribution in [0.3, 0.4) is 0 Å². The van der Waals surface area contributed by atoms with E-state index in [4.69, 9.17) is 0 Å². The van der Waals surface area contributed by atoms with Crippen molar-refractivity contribution in [1.29, 1.82) is 0 Å². The number of rotatable bonds is 4. The summed E-state index contributed by atoms with van der Waals surface area (Å²) in [6.07, 6.45) is 3.32. The number of piperidine rings is 1. The third-order valence-corrected chi connectivity index (χ3v) is 4.97. The van der Waals surface area contributed by atoms with Crippen molar-refractivity contribution in [3.63, 3.8) is 0 Å². The minimum atomic E-state index is -0.550. The van der Waals surface area contributed by atoms with Crippen molar-refractivity contribution < 1.29 is 5.11 Å². The molecule has 1 saturated heterocycles. The van der Waals surface area contributed by atoms with Gasteiger partial charge in [-0.1, -0.05) is 54.3 Å². The van der Waals surface area contributed by atoms with Crippen molar-refractivity contribution >= 4 is 0 Å². The molecule has 0 aromatic heterocycles. The average molecular weight is 333 g/mol. The molecule has 2 nitrogen and oxygen atoms in total. The fraction of sp³-hybridized carbons (Fsp3) is 0.391. The Morgan fingerprint density at radius 2 is 1.80 bits per heavy atom. The van der Waals surface area contributed by atoms with Crippen LogP contribution in [0.2, 0.25) is 0 Å². The van der Waals surface area contributed by atoms with E-state index in [9.17, 15) is 5.11 Å². The molecule has 2 aromatic rings. The van der Waals surface area contributed by atoms with Gasteiger partial charge in [-0.15, -0.1) is 0 Å². The van der Waals surface area contributed by atoms with Gasteiger partial charge in [-0.25, -0.2) is 0 Å². The number of aryl methyl sites for hydroxylation is 1. The minimum Gasteiger partial charge on any atom is -0.389 e. The lowest BCUT2D eigenvalue weighted by atomic mass is 9.85. The third kappa shape index (κ3) is 5.46. The van der Waals surface area contributed by atoms with Gasteiger partial charge in [-0.3, -0.25) is 0 Å². The number of likely N-dealkylation sites (tertiary alicyclic amines) is 1. The lowest BCUT2D eigenvalue weighted by Crippen LogP contribution is -2.45. The van der Waals surface area contributed by atoms with E-state index in [0.717, 1.165) is 50.9 Å². The maximum atomic E-state index is 10.8. The highest BCUT2D eigenvalue weighted by atomic mass is 16.3. The van der Waals surface area contributed by atoms with Gasteiger partial charge in [0.25, 0.3) is 0 Å². The summed E-state index contributed by atoms with van der Waals surface area (Å²) >= 11 is 0. The van der Waals surface area contributed by atoms with E-state index in [1.165, 1.54) is 11.1 Å². The largest absolute Gasteiger partial charge is 0.389 e. The van der Waals surface area contributed by atoms with Gasteiger partial charge in [0.1, 0.15) is 0 Å². The number of aliphatic hydroxyl groups is 1. The van der Waals surface area contributed by atoms with Crippen LogP contribution in [-0.4, -0.2) is 35.2 Å². The molecule has 25 heavy (non-hydrogen) atoms. The molecule has 0 aliphatic carbocycles. The van der Waals surface area contributed by atoms with Crippen LogP contribution in [0.15, 0.2) is 54.6 Å². The van der Waals surface area contributed by atoms with Crippen molar-refractivity contribution in [3.8, 4) is 11.8 Å². The minimum absolute atomic E-state index is 0.550. The van der Waals surface area contributed by atoms with E-state index in [-0.39, 0.29) is 0 Å². The van der Waals surface area contributed by atoms with Gasteiger partial charge >= 0.3 is 0 Å². The number of benzene rings is 2. The van der Waals surface area contributed by atoms with Crippen molar-refractivity contribution in [2.75, 3.05) is 19.6 Å². The molecule has 130 valence electrons. The summed E-state index contributed by atoms with van der Waals surface area (Å²) in [7, 11) is 0. The van der Waals surface area contributed by atoms with Crippen LogP contribution in [0.25, 0.3) is 0 Å². The smallest absolute Gasteiger partial charge is 0.0712 e. The molecule has 2 heteroatoms. The van der Waals surface area contributed by atoms with Crippen molar-refractivity contribution in [1.82, 2.24) is 4.90 Å². The first-order valence-electron chi connectivity index (χ1n) is 9.17. The lowest BCUT2D eigenvalue weighted by Gasteiger charge is -2.38. The van der Waals surface area contributed by atoms with Crippen molar-refractivity contribution in [2.24, 2.45) is 0 Å². The Balaban J connectivity index is 1.44. The van der Waals surface area contributed by atoms with Gasteiger partial charge in [0, 0.05) is 38.0 Å². The summed E-state index contributed by atoms with van der Waals surface area (Å²) in [5, 5.41) is 10.8. The Labute approximate surface area is 151 Å². The van der Waals surface area contributed by atoms with Crippen molar-refractivity contribution in [2.45, 2.75) is 38.2 Å². The van der Waals surface area contributed by atoms with E-state index in [0.29, 0.717) is 0 Å². The zero-order valence-electron chi connectivity index (χ0n) is 15.0. The van der Waals surface area contributed by atoms with Crippen LogP contribution >= 0.6 is 0 Å². The summed E-state index contributed by atoms with van der Waals surface area (Å²) in [4.78, 5) is 2.42. The Bertz CT molecular complexity index is 733. The normalized spacial score (nSPS) is 16.9. The van der Waals surface area contributed by atoms with E-state index < -0.39 is 5.60 Å². The number of hydrogen-bond donors (Lipinski definition) is 1. The molecule has 0 spiro atoms. The van der Waals surface area contributed by atoms with E-state index in [1.807, 2.05) is 18.2 Å². The highest BCUT2D eigenvalue weighted by Crippen LogP contribution is 2.26. The van der Waals surface area contributed by atoms with E-state index in [1.54, 1.807) is 0 Å². The van der Waals surface area contributed by atoms with E-state index >= 15 is 0 Å². The lowest BCUT2D eigenvalue weighted by molar-refractivity contribution is -0.0200. The number of hydrogen-bond acceptors (Lipinski definition) is 2. The van der Waals surface area contributed by atoms with Crippen LogP contribution in [0, 0.1) is 18.8 Å². The second-order valence-electron chi connectivity index (χ2n) is 7.15. The fourth-order valence-electron chi connectivity index (χ4n) is 3.45. The van der Waals surface area contributed by atoms with Crippen LogP contribution in [0.4, 0.5) is 0 Å². The Kier molecular flexibility index (Phi) is 5.91. The Hall–Kier alpha value is -2.08. The van der Waals surface area contributed by atoms with Gasteiger partial charge in [-0.2, -0.15) is 0 Å². The van der Waals surface area contributed by atoms with E-state index in [2.05, 4.69) is 60.1 Å². The van der Waals surface area contributed by atoms with Crippen LogP contribution in [0.5, 0.6) is 0 Å². The monoisotopic (exact) mass is 333 g/mol. The van der Waals surface area contributed by atoms with Gasteiger partial charge in [-0.05, 0) is 43.0 Å². The molecule has 0 radical (unpaired) electrons. The molecule has 0 saturated carbocycles. The second kappa shape index (κ2) is 8.34. The molecule has 3 rings (SSSR count). The van der Waals surface area contributed by atoms with Crippen molar-refractivity contribution in [3.05, 3.63) is 71.3 Å². The van der Waals surface area contributed by atoms with Gasteiger partial charge in [0.15, 0.2) is 0 Å². The summed E-state index contributed by atoms with van der Waals surface area (Å²) in [5.41, 5.74) is 3.02. The molecule has 0 atom stereocenters. The van der Waals surface area contributed by atoms with Gasteiger partial charge in [0.05, 0.1) is 5.60 Å². The molecule has 1 fully saturated rings. The Morgan fingerprint density at radius 3 is 2.52 bits per heavy atom. The standard InChI is InChI=1S/C23H27NO/c1-20-8-7-12-21(18-20)9-5-6-15-24-16-13-23(25,14-17-24)19-22-10-3-2-4-11-22/h2-4,7-8,10-12,18,25H,6,13-17,19H2,1H3. The SMILES string of the molecule is Cc1cccc(C#CCCN2CCC(O)(Cc3ccccc3)CC2)c1. The first kappa shape index (κ1) is 17.7. The van der Waals surface area contributed by atoms with Crippen LogP contribution in [-0.2, 0) is 6.42 Å². The summed E-state index contributed by atoms with van der Waals surface area (Å²) in [5.74, 6) is 6.53. The molecule has 1 N–H and O–H groups in total. The molecular weight excluding hydrogens is 306 g/mol. The Morgan fingerprint density at radius 1 is 1.04 bits per heavy atom. The highest BCUT2D eigenvalue weighted by Gasteiger charge is 2.31. The molecule has 2 aromatic carbocycles. The number of nitrogens with zero attached hydrogens (tertiary/aromatic N) is 1. The molecule has 0 bridgehead atoms. The molecule has 0 amide bonds. The second-order valence-corrected chi connectivity index (χ2v) is 7.15. The van der Waals surface area contributed by atoms with Gasteiger partial charge in [0.2, 0.25) is 0 Å². The highest BCUT2D eigenvalue weighted by molar-refractivity contribution is 5.36. The predicted octanol–water partition coefficient (Wildman–Crippen LogP) is 3.81.